The molecule has 1 N–H and O–H groups in total. The van der Waals surface area contributed by atoms with E-state index in [1.807, 2.05) is 12.1 Å². The number of hydrogen-bond donors (Lipinski definition) is 1. The maximum Gasteiger partial charge on any atom is 0.165 e. The summed E-state index contributed by atoms with van der Waals surface area (Å²) < 4.78 is 11.3. The summed E-state index contributed by atoms with van der Waals surface area (Å²) >= 11 is 0. The third-order valence-electron chi connectivity index (χ3n) is 3.62. The first-order valence-electron chi connectivity index (χ1n) is 6.62. The van der Waals surface area contributed by atoms with Gasteiger partial charge in [0.25, 0.3) is 0 Å². The topological polar surface area (TPSA) is 33.7 Å². The fraction of sp³-hybridized carbons (Fsp3) is 0.571. The fourth-order valence-corrected chi connectivity index (χ4v) is 2.63. The monoisotopic (exact) mass is 248 g/mol. The molecule has 3 rings (SSSR count). The lowest BCUT2D eigenvalue weighted by Crippen LogP contribution is -2.31. The van der Waals surface area contributed by atoms with E-state index in [1.54, 1.807) is 0 Å². The van der Waals surface area contributed by atoms with Crippen LogP contribution < -0.4 is 14.8 Å². The van der Waals surface area contributed by atoms with E-state index in [1.165, 1.54) is 18.5 Å². The Bertz CT molecular complexity index is 422. The highest BCUT2D eigenvalue weighted by atomic mass is 16.6. The lowest BCUT2D eigenvalue weighted by molar-refractivity contribution is 0.169. The summed E-state index contributed by atoms with van der Waals surface area (Å²) in [6.45, 7) is 4.47. The maximum atomic E-state index is 5.72. The van der Waals surface area contributed by atoms with Gasteiger partial charge >= 0.3 is 0 Å². The van der Waals surface area contributed by atoms with Gasteiger partial charge in [-0.1, -0.05) is 12.1 Å². The predicted molar refractivity (Wildman–Crippen MR) is 70.2 cm³/mol. The van der Waals surface area contributed by atoms with Crippen LogP contribution in [0.1, 0.15) is 12.0 Å². The normalized spacial score (nSPS) is 23.3. The highest BCUT2D eigenvalue weighted by Crippen LogP contribution is 2.33. The quantitative estimate of drug-likeness (QED) is 0.873. The molecule has 0 aliphatic carbocycles. The minimum atomic E-state index is 0.593. The van der Waals surface area contributed by atoms with Crippen LogP contribution in [0, 0.1) is 0 Å². The van der Waals surface area contributed by atoms with Crippen LogP contribution in [0.15, 0.2) is 18.2 Å². The molecule has 98 valence electrons. The Morgan fingerprint density at radius 3 is 3.06 bits per heavy atom. The number of nitrogens with zero attached hydrogens (tertiary/aromatic N) is 1. The van der Waals surface area contributed by atoms with E-state index >= 15 is 0 Å². The molecule has 0 aromatic heterocycles. The second kappa shape index (κ2) is 5.16. The molecule has 2 heterocycles. The van der Waals surface area contributed by atoms with Gasteiger partial charge in [0.05, 0.1) is 0 Å². The molecule has 4 heteroatoms. The zero-order chi connectivity index (χ0) is 12.4. The van der Waals surface area contributed by atoms with E-state index in [0.29, 0.717) is 19.3 Å². The zero-order valence-corrected chi connectivity index (χ0v) is 10.8. The fourth-order valence-electron chi connectivity index (χ4n) is 2.63. The van der Waals surface area contributed by atoms with Crippen LogP contribution in [-0.2, 0) is 6.54 Å². The van der Waals surface area contributed by atoms with Gasteiger partial charge in [-0.15, -0.1) is 0 Å². The van der Waals surface area contributed by atoms with Gasteiger partial charge in [0.1, 0.15) is 13.2 Å². The minimum Gasteiger partial charge on any atom is -0.486 e. The smallest absolute Gasteiger partial charge is 0.165 e. The molecule has 1 aromatic carbocycles. The van der Waals surface area contributed by atoms with Crippen LogP contribution in [0.25, 0.3) is 0 Å². The van der Waals surface area contributed by atoms with Crippen molar-refractivity contribution in [2.24, 2.45) is 0 Å². The van der Waals surface area contributed by atoms with Crippen molar-refractivity contribution in [1.82, 2.24) is 10.2 Å². The van der Waals surface area contributed by atoms with Crippen LogP contribution in [-0.4, -0.2) is 44.3 Å². The zero-order valence-electron chi connectivity index (χ0n) is 10.8. The molecule has 0 radical (unpaired) electrons. The number of nitrogens with one attached hydrogen (secondary N) is 1. The summed E-state index contributed by atoms with van der Waals surface area (Å²) in [7, 11) is 2.17. The standard InChI is InChI=1S/C14H20N2O2/c1-16-6-5-12(10-16)15-9-11-3-2-4-13-14(11)18-8-7-17-13/h2-4,12,15H,5-10H2,1H3. The van der Waals surface area contributed by atoms with Crippen LogP contribution in [0.4, 0.5) is 0 Å². The summed E-state index contributed by atoms with van der Waals surface area (Å²) in [5.74, 6) is 1.80. The maximum absolute atomic E-state index is 5.72. The molecule has 1 aromatic rings. The molecule has 4 nitrogen and oxygen atoms in total. The van der Waals surface area contributed by atoms with Gasteiger partial charge in [-0.2, -0.15) is 0 Å². The molecular weight excluding hydrogens is 228 g/mol. The molecule has 1 fully saturated rings. The Balaban J connectivity index is 1.65. The number of benzene rings is 1. The Labute approximate surface area is 108 Å². The highest BCUT2D eigenvalue weighted by molar-refractivity contribution is 5.47. The predicted octanol–water partition coefficient (Wildman–Crippen LogP) is 1.25. The van der Waals surface area contributed by atoms with Crippen LogP contribution >= 0.6 is 0 Å². The van der Waals surface area contributed by atoms with E-state index in [2.05, 4.69) is 23.3 Å². The highest BCUT2D eigenvalue weighted by Gasteiger charge is 2.20. The number of hydrogen-bond acceptors (Lipinski definition) is 4. The Hall–Kier alpha value is -1.26. The van der Waals surface area contributed by atoms with Crippen molar-refractivity contribution < 1.29 is 9.47 Å². The SMILES string of the molecule is CN1CCC(NCc2cccc3c2OCCO3)C1. The van der Waals surface area contributed by atoms with Crippen molar-refractivity contribution in [2.75, 3.05) is 33.4 Å². The Kier molecular flexibility index (Phi) is 3.39. The number of likely N-dealkylation sites (tertiary alicyclic amines) is 1. The number of fused-ring (bicyclic) bond motifs is 1. The van der Waals surface area contributed by atoms with Crippen molar-refractivity contribution >= 4 is 0 Å². The van der Waals surface area contributed by atoms with Crippen molar-refractivity contribution in [3.63, 3.8) is 0 Å². The summed E-state index contributed by atoms with van der Waals surface area (Å²) in [6.07, 6.45) is 1.23. The molecule has 0 amide bonds. The second-order valence-corrected chi connectivity index (χ2v) is 5.07. The number of likely N-dealkylation sites (N-methyl/N-ethyl adjacent to an activating group) is 1. The van der Waals surface area contributed by atoms with Crippen LogP contribution in [0.5, 0.6) is 11.5 Å². The molecule has 0 saturated carbocycles. The molecule has 2 aliphatic rings. The molecule has 1 unspecified atom stereocenters. The van der Waals surface area contributed by atoms with Crippen LogP contribution in [0.3, 0.4) is 0 Å². The molecular formula is C14H20N2O2. The van der Waals surface area contributed by atoms with E-state index in [9.17, 15) is 0 Å². The van der Waals surface area contributed by atoms with Gasteiger partial charge in [-0.3, -0.25) is 0 Å². The molecule has 0 bridgehead atoms. The van der Waals surface area contributed by atoms with Gasteiger partial charge in [-0.05, 0) is 26.1 Å². The van der Waals surface area contributed by atoms with E-state index in [4.69, 9.17) is 9.47 Å². The van der Waals surface area contributed by atoms with Crippen molar-refractivity contribution in [1.29, 1.82) is 0 Å². The molecule has 1 saturated heterocycles. The van der Waals surface area contributed by atoms with Gasteiger partial charge in [0, 0.05) is 24.7 Å². The summed E-state index contributed by atoms with van der Waals surface area (Å²) in [6, 6.07) is 6.71. The number of rotatable bonds is 3. The Morgan fingerprint density at radius 2 is 2.22 bits per heavy atom. The third-order valence-corrected chi connectivity index (χ3v) is 3.62. The molecule has 2 aliphatic heterocycles. The van der Waals surface area contributed by atoms with Gasteiger partial charge < -0.3 is 19.7 Å². The van der Waals surface area contributed by atoms with E-state index in [-0.39, 0.29) is 0 Å². The largest absolute Gasteiger partial charge is 0.486 e. The van der Waals surface area contributed by atoms with Crippen LogP contribution in [0.2, 0.25) is 0 Å². The van der Waals surface area contributed by atoms with E-state index in [0.717, 1.165) is 24.6 Å². The molecule has 0 spiro atoms. The summed E-state index contributed by atoms with van der Waals surface area (Å²) in [5.41, 5.74) is 1.20. The van der Waals surface area contributed by atoms with Crippen molar-refractivity contribution in [2.45, 2.75) is 19.0 Å². The summed E-state index contributed by atoms with van der Waals surface area (Å²) in [4.78, 5) is 2.36. The first-order chi connectivity index (χ1) is 8.83. The second-order valence-electron chi connectivity index (χ2n) is 5.07. The first kappa shape index (κ1) is 11.8. The average Bonchev–Trinajstić information content (AvgIpc) is 2.82. The van der Waals surface area contributed by atoms with Crippen molar-refractivity contribution in [3.05, 3.63) is 23.8 Å². The lowest BCUT2D eigenvalue weighted by Gasteiger charge is -2.22. The van der Waals surface area contributed by atoms with Gasteiger partial charge in [0.15, 0.2) is 11.5 Å². The van der Waals surface area contributed by atoms with Crippen molar-refractivity contribution in [3.8, 4) is 11.5 Å². The lowest BCUT2D eigenvalue weighted by atomic mass is 10.1. The first-order valence-corrected chi connectivity index (χ1v) is 6.62. The van der Waals surface area contributed by atoms with Gasteiger partial charge in [-0.25, -0.2) is 0 Å². The number of para-hydroxylation sites is 1. The van der Waals surface area contributed by atoms with E-state index < -0.39 is 0 Å². The Morgan fingerprint density at radius 1 is 1.33 bits per heavy atom. The number of ether oxygens (including phenoxy) is 2. The average molecular weight is 248 g/mol. The third kappa shape index (κ3) is 2.44. The molecule has 18 heavy (non-hydrogen) atoms. The molecule has 1 atom stereocenters. The minimum absolute atomic E-state index is 0.593. The van der Waals surface area contributed by atoms with Gasteiger partial charge in [0.2, 0.25) is 0 Å². The summed E-state index contributed by atoms with van der Waals surface area (Å²) in [5, 5.41) is 3.60.